The summed E-state index contributed by atoms with van der Waals surface area (Å²) in [5.41, 5.74) is 2.39. The summed E-state index contributed by atoms with van der Waals surface area (Å²) in [6, 6.07) is 21.5. The summed E-state index contributed by atoms with van der Waals surface area (Å²) in [7, 11) is 0. The van der Waals surface area contributed by atoms with Gasteiger partial charge >= 0.3 is 0 Å². The topological polar surface area (TPSA) is 63.2 Å². The van der Waals surface area contributed by atoms with E-state index in [9.17, 15) is 4.79 Å². The number of aromatic nitrogens is 1. The fourth-order valence-electron chi connectivity index (χ4n) is 3.08. The average molecular weight is 462 g/mol. The van der Waals surface area contributed by atoms with E-state index in [4.69, 9.17) is 17.0 Å². The smallest absolute Gasteiger partial charge is 0.257 e. The molecule has 0 aliphatic heterocycles. The van der Waals surface area contributed by atoms with Gasteiger partial charge in [-0.1, -0.05) is 50.2 Å². The number of hydrogen-bond donors (Lipinski definition) is 2. The summed E-state index contributed by atoms with van der Waals surface area (Å²) in [4.78, 5) is 17.1. The fraction of sp³-hybridized carbons (Fsp3) is 0.160. The van der Waals surface area contributed by atoms with Crippen LogP contribution in [-0.2, 0) is 0 Å². The van der Waals surface area contributed by atoms with E-state index in [-0.39, 0.29) is 11.0 Å². The van der Waals surface area contributed by atoms with Crippen LogP contribution in [-0.4, -0.2) is 22.6 Å². The van der Waals surface area contributed by atoms with E-state index < -0.39 is 0 Å². The van der Waals surface area contributed by atoms with Crippen LogP contribution in [0.2, 0.25) is 0 Å². The Bertz CT molecular complexity index is 1250. The van der Waals surface area contributed by atoms with Gasteiger partial charge in [-0.3, -0.25) is 10.1 Å². The molecule has 4 aromatic rings. The van der Waals surface area contributed by atoms with Crippen LogP contribution >= 0.6 is 23.6 Å². The van der Waals surface area contributed by atoms with Gasteiger partial charge in [-0.2, -0.15) is 0 Å². The second kappa shape index (κ2) is 9.89. The molecule has 0 bridgehead atoms. The minimum atomic E-state index is -0.288. The first-order valence-corrected chi connectivity index (χ1v) is 11.6. The number of hydrogen-bond acceptors (Lipinski definition) is 5. The zero-order valence-electron chi connectivity index (χ0n) is 17.8. The standard InChI is InChI=1S/C25H23N3O2S2/c1-16(2)14-30-21-11-9-18(10-12-21)23(29)27-24(31)28-25-26-22(15-32-25)20-8-7-17-5-3-4-6-19(17)13-20/h3-13,15-16H,14H2,1-2H3,(H2,26,27,28,29,31). The third-order valence-electron chi connectivity index (χ3n) is 4.70. The van der Waals surface area contributed by atoms with Crippen molar-refractivity contribution < 1.29 is 9.53 Å². The highest BCUT2D eigenvalue weighted by molar-refractivity contribution is 7.80. The monoisotopic (exact) mass is 461 g/mol. The van der Waals surface area contributed by atoms with Crippen molar-refractivity contribution in [1.29, 1.82) is 0 Å². The molecule has 0 unspecified atom stereocenters. The van der Waals surface area contributed by atoms with Gasteiger partial charge in [0.15, 0.2) is 10.2 Å². The molecule has 7 heteroatoms. The molecule has 0 aliphatic rings. The highest BCUT2D eigenvalue weighted by Gasteiger charge is 2.11. The quantitative estimate of drug-likeness (QED) is 0.339. The Morgan fingerprint density at radius 2 is 1.81 bits per heavy atom. The van der Waals surface area contributed by atoms with Crippen LogP contribution in [0.15, 0.2) is 72.1 Å². The third-order valence-corrected chi connectivity index (χ3v) is 5.66. The van der Waals surface area contributed by atoms with Crippen molar-refractivity contribution in [3.63, 3.8) is 0 Å². The number of nitrogens with zero attached hydrogens (tertiary/aromatic N) is 1. The van der Waals surface area contributed by atoms with Crippen LogP contribution in [0.3, 0.4) is 0 Å². The van der Waals surface area contributed by atoms with E-state index in [1.54, 1.807) is 24.3 Å². The number of amides is 1. The normalized spacial score (nSPS) is 10.8. The van der Waals surface area contributed by atoms with Crippen molar-refractivity contribution in [2.45, 2.75) is 13.8 Å². The number of carbonyl (C=O) groups excluding carboxylic acids is 1. The van der Waals surface area contributed by atoms with Crippen molar-refractivity contribution in [3.05, 3.63) is 77.7 Å². The molecule has 1 aromatic heterocycles. The number of thiocarbonyl (C=S) groups is 1. The molecule has 0 aliphatic carbocycles. The molecule has 0 radical (unpaired) electrons. The maximum absolute atomic E-state index is 12.5. The van der Waals surface area contributed by atoms with Crippen LogP contribution in [0.25, 0.3) is 22.0 Å². The van der Waals surface area contributed by atoms with Gasteiger partial charge in [0.1, 0.15) is 5.75 Å². The van der Waals surface area contributed by atoms with E-state index in [0.29, 0.717) is 23.2 Å². The van der Waals surface area contributed by atoms with Gasteiger partial charge in [0.2, 0.25) is 0 Å². The van der Waals surface area contributed by atoms with E-state index in [2.05, 4.69) is 59.8 Å². The number of fused-ring (bicyclic) bond motifs is 1. The Morgan fingerprint density at radius 3 is 2.56 bits per heavy atom. The third kappa shape index (κ3) is 5.49. The minimum Gasteiger partial charge on any atom is -0.493 e. The van der Waals surface area contributed by atoms with Crippen LogP contribution < -0.4 is 15.4 Å². The predicted octanol–water partition coefficient (Wildman–Crippen LogP) is 6.12. The molecule has 0 fully saturated rings. The molecule has 3 aromatic carbocycles. The SMILES string of the molecule is CC(C)COc1ccc(C(=O)NC(=S)Nc2nc(-c3ccc4ccccc4c3)cs2)cc1. The number of thiazole rings is 1. The first kappa shape index (κ1) is 21.9. The maximum atomic E-state index is 12.5. The lowest BCUT2D eigenvalue weighted by Crippen LogP contribution is -2.34. The zero-order valence-corrected chi connectivity index (χ0v) is 19.4. The molecule has 0 atom stereocenters. The van der Waals surface area contributed by atoms with E-state index in [1.165, 1.54) is 16.7 Å². The summed E-state index contributed by atoms with van der Waals surface area (Å²) in [6.45, 7) is 4.81. The molecule has 0 saturated heterocycles. The van der Waals surface area contributed by atoms with Crippen LogP contribution in [0.5, 0.6) is 5.75 Å². The predicted molar refractivity (Wildman–Crippen MR) is 136 cm³/mol. The first-order chi connectivity index (χ1) is 15.5. The number of ether oxygens (including phenoxy) is 1. The summed E-state index contributed by atoms with van der Waals surface area (Å²) in [5, 5.41) is 10.8. The van der Waals surface area contributed by atoms with Gasteiger partial charge in [-0.25, -0.2) is 4.98 Å². The lowest BCUT2D eigenvalue weighted by atomic mass is 10.1. The Labute approximate surface area is 196 Å². The van der Waals surface area contributed by atoms with E-state index >= 15 is 0 Å². The van der Waals surface area contributed by atoms with Gasteiger partial charge in [0.25, 0.3) is 5.91 Å². The van der Waals surface area contributed by atoms with E-state index in [1.807, 2.05) is 17.5 Å². The van der Waals surface area contributed by atoms with Gasteiger partial charge in [-0.05, 0) is 59.2 Å². The Kier molecular flexibility index (Phi) is 6.78. The number of rotatable bonds is 6. The highest BCUT2D eigenvalue weighted by Crippen LogP contribution is 2.27. The summed E-state index contributed by atoms with van der Waals surface area (Å²) in [6.07, 6.45) is 0. The van der Waals surface area contributed by atoms with Crippen molar-refractivity contribution in [1.82, 2.24) is 10.3 Å². The lowest BCUT2D eigenvalue weighted by molar-refractivity contribution is 0.0977. The van der Waals surface area contributed by atoms with Crippen molar-refractivity contribution in [3.8, 4) is 17.0 Å². The Morgan fingerprint density at radius 1 is 1.06 bits per heavy atom. The molecule has 1 heterocycles. The number of carbonyl (C=O) groups is 1. The van der Waals surface area contributed by atoms with Crippen LogP contribution in [0.4, 0.5) is 5.13 Å². The number of nitrogens with one attached hydrogen (secondary N) is 2. The van der Waals surface area contributed by atoms with Crippen LogP contribution in [0, 0.1) is 5.92 Å². The second-order valence-electron chi connectivity index (χ2n) is 7.74. The van der Waals surface area contributed by atoms with Gasteiger partial charge < -0.3 is 10.1 Å². The first-order valence-electron chi connectivity index (χ1n) is 10.3. The molecule has 162 valence electrons. The van der Waals surface area contributed by atoms with Gasteiger partial charge in [0.05, 0.1) is 12.3 Å². The van der Waals surface area contributed by atoms with Gasteiger partial charge in [-0.15, -0.1) is 11.3 Å². The van der Waals surface area contributed by atoms with Gasteiger partial charge in [0, 0.05) is 16.5 Å². The highest BCUT2D eigenvalue weighted by atomic mass is 32.1. The molecule has 0 spiro atoms. The second-order valence-corrected chi connectivity index (χ2v) is 9.00. The summed E-state index contributed by atoms with van der Waals surface area (Å²) >= 11 is 6.73. The Balaban J connectivity index is 1.36. The molecular weight excluding hydrogens is 438 g/mol. The van der Waals surface area contributed by atoms with Crippen LogP contribution in [0.1, 0.15) is 24.2 Å². The largest absolute Gasteiger partial charge is 0.493 e. The van der Waals surface area contributed by atoms with Crippen molar-refractivity contribution in [2.24, 2.45) is 5.92 Å². The molecule has 5 nitrogen and oxygen atoms in total. The molecular formula is C25H23N3O2S2. The van der Waals surface area contributed by atoms with Crippen molar-refractivity contribution >= 4 is 50.5 Å². The molecule has 4 rings (SSSR count). The number of anilines is 1. The molecule has 2 N–H and O–H groups in total. The van der Waals surface area contributed by atoms with E-state index in [0.717, 1.165) is 22.4 Å². The Hall–Kier alpha value is -3.29. The summed E-state index contributed by atoms with van der Waals surface area (Å²) in [5.74, 6) is 0.887. The summed E-state index contributed by atoms with van der Waals surface area (Å²) < 4.78 is 5.65. The fourth-order valence-corrected chi connectivity index (χ4v) is 4.06. The molecule has 0 saturated carbocycles. The number of benzene rings is 3. The molecule has 1 amide bonds. The molecule has 32 heavy (non-hydrogen) atoms. The minimum absolute atomic E-state index is 0.203. The lowest BCUT2D eigenvalue weighted by Gasteiger charge is -2.10. The average Bonchev–Trinajstić information content (AvgIpc) is 3.26. The van der Waals surface area contributed by atoms with Crippen molar-refractivity contribution in [2.75, 3.05) is 11.9 Å². The zero-order chi connectivity index (χ0) is 22.5. The maximum Gasteiger partial charge on any atom is 0.257 e.